The molecule has 1 spiro atoms. The molecule has 1 N–H and O–H groups in total. The van der Waals surface area contributed by atoms with Crippen molar-refractivity contribution in [3.63, 3.8) is 0 Å². The third-order valence-corrected chi connectivity index (χ3v) is 4.02. The lowest BCUT2D eigenvalue weighted by atomic mass is 9.66. The van der Waals surface area contributed by atoms with Crippen molar-refractivity contribution < 1.29 is 4.74 Å². The fourth-order valence-electron chi connectivity index (χ4n) is 2.84. The van der Waals surface area contributed by atoms with E-state index in [-0.39, 0.29) is 0 Å². The Morgan fingerprint density at radius 2 is 2.00 bits per heavy atom. The van der Waals surface area contributed by atoms with Gasteiger partial charge in [0, 0.05) is 11.6 Å². The van der Waals surface area contributed by atoms with Gasteiger partial charge >= 0.3 is 0 Å². The van der Waals surface area contributed by atoms with E-state index < -0.39 is 0 Å². The predicted molar refractivity (Wildman–Crippen MR) is 65.0 cm³/mol. The van der Waals surface area contributed by atoms with Crippen LogP contribution in [0.4, 0.5) is 0 Å². The maximum absolute atomic E-state index is 5.91. The van der Waals surface area contributed by atoms with Crippen molar-refractivity contribution in [1.82, 2.24) is 5.32 Å². The molecule has 0 bridgehead atoms. The smallest absolute Gasteiger partial charge is 0.119 e. The maximum atomic E-state index is 5.91. The molecule has 3 rings (SSSR count). The number of halogens is 1. The topological polar surface area (TPSA) is 21.3 Å². The second-order valence-corrected chi connectivity index (χ2v) is 5.47. The summed E-state index contributed by atoms with van der Waals surface area (Å²) >= 11 is 5.83. The van der Waals surface area contributed by atoms with E-state index in [0.29, 0.717) is 11.5 Å². The van der Waals surface area contributed by atoms with Crippen LogP contribution in [-0.2, 0) is 0 Å². The van der Waals surface area contributed by atoms with Crippen LogP contribution < -0.4 is 10.1 Å². The molecule has 86 valence electrons. The third-order valence-electron chi connectivity index (χ3n) is 3.77. The molecule has 2 fully saturated rings. The Hall–Kier alpha value is -0.730. The Bertz CT molecular complexity index is 362. The highest BCUT2D eigenvalue weighted by atomic mass is 35.5. The summed E-state index contributed by atoms with van der Waals surface area (Å²) in [6.07, 6.45) is 4.11. The average molecular weight is 238 g/mol. The second-order valence-electron chi connectivity index (χ2n) is 5.03. The van der Waals surface area contributed by atoms with Gasteiger partial charge in [0.25, 0.3) is 0 Å². The second kappa shape index (κ2) is 3.94. The fourth-order valence-corrected chi connectivity index (χ4v) is 2.97. The Balaban J connectivity index is 1.56. The molecule has 0 amide bonds. The van der Waals surface area contributed by atoms with Crippen molar-refractivity contribution in [3.8, 4) is 5.75 Å². The molecule has 1 aliphatic carbocycles. The predicted octanol–water partition coefficient (Wildman–Crippen LogP) is 2.86. The lowest BCUT2D eigenvalue weighted by Crippen LogP contribution is -2.45. The number of benzene rings is 1. The van der Waals surface area contributed by atoms with Gasteiger partial charge in [-0.05, 0) is 55.5 Å². The van der Waals surface area contributed by atoms with E-state index in [9.17, 15) is 0 Å². The van der Waals surface area contributed by atoms with Gasteiger partial charge < -0.3 is 10.1 Å². The maximum Gasteiger partial charge on any atom is 0.119 e. The first kappa shape index (κ1) is 10.4. The average Bonchev–Trinajstić information content (AvgIpc) is 2.70. The molecule has 0 atom stereocenters. The van der Waals surface area contributed by atoms with Gasteiger partial charge in [-0.2, -0.15) is 0 Å². The van der Waals surface area contributed by atoms with Gasteiger partial charge in [0.2, 0.25) is 0 Å². The monoisotopic (exact) mass is 237 g/mol. The first-order chi connectivity index (χ1) is 7.76. The van der Waals surface area contributed by atoms with Crippen molar-refractivity contribution in [2.24, 2.45) is 5.41 Å². The molecule has 3 heteroatoms. The van der Waals surface area contributed by atoms with E-state index in [0.717, 1.165) is 10.8 Å². The molecule has 1 saturated heterocycles. The van der Waals surface area contributed by atoms with Gasteiger partial charge in [0.15, 0.2) is 0 Å². The summed E-state index contributed by atoms with van der Waals surface area (Å²) in [6.45, 7) is 2.35. The highest BCUT2D eigenvalue weighted by Gasteiger charge is 2.47. The van der Waals surface area contributed by atoms with Crippen LogP contribution in [0.3, 0.4) is 0 Å². The Morgan fingerprint density at radius 3 is 2.62 bits per heavy atom. The summed E-state index contributed by atoms with van der Waals surface area (Å²) in [5.41, 5.74) is 0.553. The molecular weight excluding hydrogens is 222 g/mol. The van der Waals surface area contributed by atoms with E-state index in [2.05, 4.69) is 5.32 Å². The highest BCUT2D eigenvalue weighted by Crippen LogP contribution is 2.47. The standard InChI is InChI=1S/C13H16ClNO/c14-10-1-3-11(4-2-10)16-12-7-13(8-12)5-6-15-9-13/h1-4,12,15H,5-9H2. The van der Waals surface area contributed by atoms with Gasteiger partial charge in [-0.3, -0.25) is 0 Å². The fraction of sp³-hybridized carbons (Fsp3) is 0.538. The van der Waals surface area contributed by atoms with Crippen LogP contribution in [0.2, 0.25) is 5.02 Å². The van der Waals surface area contributed by atoms with Crippen LogP contribution in [0.1, 0.15) is 19.3 Å². The summed E-state index contributed by atoms with van der Waals surface area (Å²) in [4.78, 5) is 0. The number of hydrogen-bond acceptors (Lipinski definition) is 2. The molecule has 1 aromatic carbocycles. The molecule has 1 aromatic rings. The van der Waals surface area contributed by atoms with Gasteiger partial charge in [-0.15, -0.1) is 0 Å². The van der Waals surface area contributed by atoms with E-state index in [1.165, 1.54) is 32.4 Å². The van der Waals surface area contributed by atoms with Crippen LogP contribution in [0.25, 0.3) is 0 Å². The normalized spacial score (nSPS) is 32.7. The lowest BCUT2D eigenvalue weighted by molar-refractivity contribution is -0.00118. The molecular formula is C13H16ClNO. The van der Waals surface area contributed by atoms with E-state index in [1.54, 1.807) is 0 Å². The third kappa shape index (κ3) is 1.92. The lowest BCUT2D eigenvalue weighted by Gasteiger charge is -2.44. The molecule has 2 aliphatic rings. The number of nitrogens with one attached hydrogen (secondary N) is 1. The number of ether oxygens (including phenoxy) is 1. The van der Waals surface area contributed by atoms with Crippen LogP contribution >= 0.6 is 11.6 Å². The van der Waals surface area contributed by atoms with Crippen LogP contribution in [0.15, 0.2) is 24.3 Å². The SMILES string of the molecule is Clc1ccc(OC2CC3(CCNC3)C2)cc1. The minimum Gasteiger partial charge on any atom is -0.490 e. The summed E-state index contributed by atoms with van der Waals surface area (Å²) < 4.78 is 5.91. The van der Waals surface area contributed by atoms with Crippen molar-refractivity contribution >= 4 is 11.6 Å². The first-order valence-electron chi connectivity index (χ1n) is 5.89. The molecule has 1 heterocycles. The molecule has 2 nitrogen and oxygen atoms in total. The van der Waals surface area contributed by atoms with Gasteiger partial charge in [0.1, 0.15) is 5.75 Å². The molecule has 1 aliphatic heterocycles. The highest BCUT2D eigenvalue weighted by molar-refractivity contribution is 6.30. The zero-order valence-corrected chi connectivity index (χ0v) is 9.96. The van der Waals surface area contributed by atoms with Crippen molar-refractivity contribution in [3.05, 3.63) is 29.3 Å². The minimum absolute atomic E-state index is 0.404. The first-order valence-corrected chi connectivity index (χ1v) is 6.27. The van der Waals surface area contributed by atoms with Gasteiger partial charge in [0.05, 0.1) is 6.10 Å². The van der Waals surface area contributed by atoms with E-state index in [4.69, 9.17) is 16.3 Å². The molecule has 0 unspecified atom stereocenters. The molecule has 16 heavy (non-hydrogen) atoms. The van der Waals surface area contributed by atoms with Crippen LogP contribution in [0.5, 0.6) is 5.75 Å². The minimum atomic E-state index is 0.404. The summed E-state index contributed by atoms with van der Waals surface area (Å²) in [5.74, 6) is 0.940. The Labute approximate surface area is 101 Å². The van der Waals surface area contributed by atoms with Crippen LogP contribution in [-0.4, -0.2) is 19.2 Å². The zero-order valence-electron chi connectivity index (χ0n) is 9.21. The van der Waals surface area contributed by atoms with E-state index >= 15 is 0 Å². The molecule has 0 radical (unpaired) electrons. The van der Waals surface area contributed by atoms with Gasteiger partial charge in [-0.25, -0.2) is 0 Å². The van der Waals surface area contributed by atoms with E-state index in [1.807, 2.05) is 24.3 Å². The van der Waals surface area contributed by atoms with Crippen molar-refractivity contribution in [2.75, 3.05) is 13.1 Å². The van der Waals surface area contributed by atoms with Gasteiger partial charge in [-0.1, -0.05) is 11.6 Å². The van der Waals surface area contributed by atoms with Crippen LogP contribution in [0, 0.1) is 5.41 Å². The summed E-state index contributed by atoms with van der Waals surface area (Å²) in [6, 6.07) is 7.64. The zero-order chi connectivity index (χ0) is 11.0. The Morgan fingerprint density at radius 1 is 1.25 bits per heavy atom. The van der Waals surface area contributed by atoms with Crippen molar-refractivity contribution in [1.29, 1.82) is 0 Å². The quantitative estimate of drug-likeness (QED) is 0.854. The number of rotatable bonds is 2. The molecule has 0 aromatic heterocycles. The molecule has 1 saturated carbocycles. The summed E-state index contributed by atoms with van der Waals surface area (Å²) in [7, 11) is 0. The summed E-state index contributed by atoms with van der Waals surface area (Å²) in [5, 5.41) is 4.20. The largest absolute Gasteiger partial charge is 0.490 e. The van der Waals surface area contributed by atoms with Crippen molar-refractivity contribution in [2.45, 2.75) is 25.4 Å². The number of hydrogen-bond donors (Lipinski definition) is 1. The Kier molecular flexibility index (Phi) is 2.56.